The number of benzene rings is 3. The van der Waals surface area contributed by atoms with Crippen LogP contribution >= 0.6 is 39.1 Å². The highest BCUT2D eigenvalue weighted by Crippen LogP contribution is 2.38. The molecule has 47 heavy (non-hydrogen) atoms. The van der Waals surface area contributed by atoms with Crippen LogP contribution in [0.3, 0.4) is 0 Å². The summed E-state index contributed by atoms with van der Waals surface area (Å²) < 4.78 is 28.3. The summed E-state index contributed by atoms with van der Waals surface area (Å²) in [5.74, 6) is 0.336. The van der Waals surface area contributed by atoms with Gasteiger partial charge in [0.1, 0.15) is 6.61 Å². The zero-order valence-corrected chi connectivity index (χ0v) is 28.8. The van der Waals surface area contributed by atoms with Gasteiger partial charge in [0.2, 0.25) is 0 Å². The van der Waals surface area contributed by atoms with Crippen LogP contribution in [0.25, 0.3) is 0 Å². The maximum atomic E-state index is 12.6. The molecule has 0 fully saturated rings. The first-order valence-electron chi connectivity index (χ1n) is 14.1. The molecule has 0 unspecified atom stereocenters. The van der Waals surface area contributed by atoms with E-state index < -0.39 is 23.9 Å². The summed E-state index contributed by atoms with van der Waals surface area (Å²) in [7, 11) is 2.93. The molecule has 0 saturated heterocycles. The average molecular weight is 750 g/mol. The van der Waals surface area contributed by atoms with Crippen LogP contribution in [-0.2, 0) is 20.9 Å². The monoisotopic (exact) mass is 748 g/mol. The number of ether oxygens (including phenoxy) is 5. The second kappa shape index (κ2) is 16.4. The number of halogens is 3. The summed E-state index contributed by atoms with van der Waals surface area (Å²) in [6.07, 6.45) is 1.43. The van der Waals surface area contributed by atoms with Gasteiger partial charge in [0.15, 0.2) is 29.6 Å². The lowest BCUT2D eigenvalue weighted by Crippen LogP contribution is -2.45. The maximum Gasteiger partial charge on any atom is 0.338 e. The molecular weight excluding hydrogens is 719 g/mol. The third-order valence-electron chi connectivity index (χ3n) is 6.69. The predicted octanol–water partition coefficient (Wildman–Crippen LogP) is 6.07. The van der Waals surface area contributed by atoms with Crippen molar-refractivity contribution in [1.29, 1.82) is 0 Å². The Kier molecular flexibility index (Phi) is 12.3. The first kappa shape index (κ1) is 35.4. The Labute approximate surface area is 289 Å². The number of nitrogens with zero attached hydrogens (tertiary/aromatic N) is 1. The smallest absolute Gasteiger partial charge is 0.338 e. The Balaban J connectivity index is 1.38. The molecule has 1 atom stereocenters. The van der Waals surface area contributed by atoms with Crippen molar-refractivity contribution >= 4 is 63.3 Å². The van der Waals surface area contributed by atoms with Crippen molar-refractivity contribution in [3.63, 3.8) is 0 Å². The number of hydrazone groups is 1. The third kappa shape index (κ3) is 9.09. The number of amides is 3. The first-order chi connectivity index (χ1) is 22.5. The number of hydrogen-bond acceptors (Lipinski definition) is 9. The van der Waals surface area contributed by atoms with Crippen LogP contribution in [0.1, 0.15) is 36.6 Å². The molecule has 15 heteroatoms. The van der Waals surface area contributed by atoms with Gasteiger partial charge in [-0.05, 0) is 77.3 Å². The van der Waals surface area contributed by atoms with E-state index >= 15 is 0 Å². The zero-order chi connectivity index (χ0) is 34.1. The van der Waals surface area contributed by atoms with Crippen molar-refractivity contribution in [2.45, 2.75) is 26.5 Å². The van der Waals surface area contributed by atoms with E-state index in [1.807, 2.05) is 0 Å². The minimum atomic E-state index is -0.787. The average Bonchev–Trinajstić information content (AvgIpc) is 3.03. The number of urea groups is 1. The number of esters is 1. The highest BCUT2D eigenvalue weighted by molar-refractivity contribution is 9.10. The molecule has 3 amide bonds. The van der Waals surface area contributed by atoms with Crippen molar-refractivity contribution in [3.8, 4) is 23.0 Å². The molecule has 1 aliphatic rings. The van der Waals surface area contributed by atoms with E-state index in [2.05, 4.69) is 37.1 Å². The van der Waals surface area contributed by atoms with E-state index in [4.69, 9.17) is 46.9 Å². The highest BCUT2D eigenvalue weighted by atomic mass is 79.9. The molecule has 3 aromatic rings. The van der Waals surface area contributed by atoms with Gasteiger partial charge >= 0.3 is 12.0 Å². The Hall–Kier alpha value is -4.46. The molecule has 0 aromatic heterocycles. The van der Waals surface area contributed by atoms with Gasteiger partial charge in [-0.2, -0.15) is 5.10 Å². The van der Waals surface area contributed by atoms with Gasteiger partial charge in [-0.1, -0.05) is 35.3 Å². The summed E-state index contributed by atoms with van der Waals surface area (Å²) in [6, 6.07) is 12.2. The second-order valence-electron chi connectivity index (χ2n) is 9.84. The Morgan fingerprint density at radius 3 is 2.49 bits per heavy atom. The van der Waals surface area contributed by atoms with Gasteiger partial charge in [0.05, 0.1) is 43.1 Å². The Morgan fingerprint density at radius 2 is 1.79 bits per heavy atom. The SMILES string of the molecule is CCOC(=O)C1=C(C)NC(=O)N[C@@H]1c1ccc(OCC(=O)N/N=C\c2cc(Br)c(OCc3ccc(Cl)cc3Cl)c(OC)c2)c(OC)c1. The van der Waals surface area contributed by atoms with Crippen molar-refractivity contribution in [2.24, 2.45) is 5.10 Å². The molecule has 0 radical (unpaired) electrons. The third-order valence-corrected chi connectivity index (χ3v) is 7.86. The zero-order valence-electron chi connectivity index (χ0n) is 25.7. The number of allylic oxidation sites excluding steroid dienone is 1. The van der Waals surface area contributed by atoms with Crippen LogP contribution in [0, 0.1) is 0 Å². The molecule has 0 bridgehead atoms. The fraction of sp³-hybridized carbons (Fsp3) is 0.250. The number of nitrogens with one attached hydrogen (secondary N) is 3. The fourth-order valence-corrected chi connectivity index (χ4v) is 5.54. The van der Waals surface area contributed by atoms with Crippen LogP contribution in [-0.4, -0.2) is 51.6 Å². The maximum absolute atomic E-state index is 12.6. The van der Waals surface area contributed by atoms with Crippen LogP contribution in [0.4, 0.5) is 4.79 Å². The largest absolute Gasteiger partial charge is 0.493 e. The molecular formula is C32H31BrCl2N4O8. The minimum absolute atomic E-state index is 0.174. The fourth-order valence-electron chi connectivity index (χ4n) is 4.50. The molecule has 248 valence electrons. The molecule has 1 aliphatic heterocycles. The van der Waals surface area contributed by atoms with E-state index in [-0.39, 0.29) is 36.9 Å². The number of methoxy groups -OCH3 is 2. The van der Waals surface area contributed by atoms with Gasteiger partial charge in [-0.3, -0.25) is 4.79 Å². The number of carbonyl (C=O) groups excluding carboxylic acids is 3. The van der Waals surface area contributed by atoms with Crippen LogP contribution in [0.5, 0.6) is 23.0 Å². The summed E-state index contributed by atoms with van der Waals surface area (Å²) in [5, 5.41) is 10.3. The summed E-state index contributed by atoms with van der Waals surface area (Å²) in [6.45, 7) is 3.29. The standard InChI is InChI=1S/C32H31BrCl2N4O8/c1-5-45-31(41)28-17(2)37-32(42)38-29(28)19-7-9-24(25(12-19)43-3)46-16-27(40)39-36-14-18-10-22(33)30(26(11-18)44-4)47-15-20-6-8-21(34)13-23(20)35/h6-14,29H,5,15-16H2,1-4H3,(H,39,40)(H2,37,38,42)/b36-14-/t29-/m1/s1. The van der Waals surface area contributed by atoms with E-state index in [0.717, 1.165) is 5.56 Å². The lowest BCUT2D eigenvalue weighted by molar-refractivity contribution is -0.139. The molecule has 12 nitrogen and oxygen atoms in total. The molecule has 3 aromatic carbocycles. The summed E-state index contributed by atoms with van der Waals surface area (Å²) in [5.41, 5.74) is 4.96. The predicted molar refractivity (Wildman–Crippen MR) is 179 cm³/mol. The number of hydrogen-bond donors (Lipinski definition) is 3. The lowest BCUT2D eigenvalue weighted by atomic mass is 9.95. The van der Waals surface area contributed by atoms with E-state index in [1.165, 1.54) is 20.4 Å². The van der Waals surface area contributed by atoms with Crippen molar-refractivity contribution in [3.05, 3.63) is 91.0 Å². The Morgan fingerprint density at radius 1 is 1.02 bits per heavy atom. The molecule has 3 N–H and O–H groups in total. The van der Waals surface area contributed by atoms with Crippen molar-refractivity contribution in [1.82, 2.24) is 16.1 Å². The van der Waals surface area contributed by atoms with E-state index in [0.29, 0.717) is 42.8 Å². The van der Waals surface area contributed by atoms with Crippen LogP contribution in [0.15, 0.2) is 69.4 Å². The van der Waals surface area contributed by atoms with E-state index in [1.54, 1.807) is 62.4 Å². The van der Waals surface area contributed by atoms with Crippen LogP contribution < -0.4 is 35.0 Å². The van der Waals surface area contributed by atoms with Crippen LogP contribution in [0.2, 0.25) is 10.0 Å². The molecule has 0 aliphatic carbocycles. The molecule has 0 spiro atoms. The van der Waals surface area contributed by atoms with Crippen molar-refractivity contribution < 1.29 is 38.1 Å². The topological polar surface area (TPSA) is 146 Å². The van der Waals surface area contributed by atoms with Gasteiger partial charge in [-0.25, -0.2) is 15.0 Å². The van der Waals surface area contributed by atoms with Gasteiger partial charge in [-0.15, -0.1) is 0 Å². The first-order valence-corrected chi connectivity index (χ1v) is 15.6. The normalized spacial score (nSPS) is 14.3. The minimum Gasteiger partial charge on any atom is -0.493 e. The molecule has 1 heterocycles. The summed E-state index contributed by atoms with van der Waals surface area (Å²) >= 11 is 15.7. The lowest BCUT2D eigenvalue weighted by Gasteiger charge is -2.28. The van der Waals surface area contributed by atoms with Crippen molar-refractivity contribution in [2.75, 3.05) is 27.4 Å². The quantitative estimate of drug-likeness (QED) is 0.109. The van der Waals surface area contributed by atoms with Gasteiger partial charge < -0.3 is 34.3 Å². The second-order valence-corrected chi connectivity index (χ2v) is 11.5. The highest BCUT2D eigenvalue weighted by Gasteiger charge is 2.32. The summed E-state index contributed by atoms with van der Waals surface area (Å²) in [4.78, 5) is 37.3. The molecule has 0 saturated carbocycles. The van der Waals surface area contributed by atoms with E-state index in [9.17, 15) is 14.4 Å². The molecule has 4 rings (SSSR count). The Bertz CT molecular complexity index is 1730. The number of rotatable bonds is 13. The van der Waals surface area contributed by atoms with Gasteiger partial charge in [0.25, 0.3) is 5.91 Å². The number of carbonyl (C=O) groups is 3. The van der Waals surface area contributed by atoms with Gasteiger partial charge in [0, 0.05) is 21.3 Å².